The van der Waals surface area contributed by atoms with Gasteiger partial charge in [-0.15, -0.1) is 0 Å². The lowest BCUT2D eigenvalue weighted by molar-refractivity contribution is 0.0698. The van der Waals surface area contributed by atoms with E-state index >= 15 is 0 Å². The van der Waals surface area contributed by atoms with Gasteiger partial charge in [0.2, 0.25) is 0 Å². The van der Waals surface area contributed by atoms with E-state index in [-0.39, 0.29) is 5.56 Å². The molecule has 0 unspecified atom stereocenters. The van der Waals surface area contributed by atoms with Crippen molar-refractivity contribution in [1.29, 1.82) is 0 Å². The average Bonchev–Trinajstić information content (AvgIpc) is 2.64. The number of carboxylic acid groups (broad SMARTS) is 1. The van der Waals surface area contributed by atoms with Crippen molar-refractivity contribution in [3.8, 4) is 0 Å². The van der Waals surface area contributed by atoms with E-state index in [1.807, 2.05) is 37.3 Å². The molecule has 0 aliphatic rings. The van der Waals surface area contributed by atoms with Gasteiger partial charge in [-0.2, -0.15) is 0 Å². The van der Waals surface area contributed by atoms with Gasteiger partial charge in [-0.05, 0) is 31.2 Å². The zero-order chi connectivity index (χ0) is 17.6. The molecule has 0 aliphatic carbocycles. The van der Waals surface area contributed by atoms with Gasteiger partial charge in [-0.25, -0.2) is 14.8 Å². The molecule has 1 heterocycles. The second kappa shape index (κ2) is 7.44. The molecule has 3 rings (SSSR count). The van der Waals surface area contributed by atoms with E-state index in [0.29, 0.717) is 11.5 Å². The Labute approximate surface area is 145 Å². The molecule has 2 aromatic carbocycles. The first-order valence-corrected chi connectivity index (χ1v) is 7.93. The predicted molar refractivity (Wildman–Crippen MR) is 97.8 cm³/mol. The molecule has 6 heteroatoms. The maximum atomic E-state index is 11.3. The summed E-state index contributed by atoms with van der Waals surface area (Å²) in [5.74, 6) is 0.281. The molecule has 0 fully saturated rings. The number of anilines is 4. The molecule has 25 heavy (non-hydrogen) atoms. The first-order valence-electron chi connectivity index (χ1n) is 7.93. The lowest BCUT2D eigenvalue weighted by Crippen LogP contribution is -2.17. The smallest absolute Gasteiger partial charge is 0.337 e. The molecular weight excluding hydrogens is 316 g/mol. The van der Waals surface area contributed by atoms with E-state index in [1.165, 1.54) is 6.33 Å². The van der Waals surface area contributed by atoms with Crippen LogP contribution in [0, 0.1) is 0 Å². The van der Waals surface area contributed by atoms with Crippen molar-refractivity contribution >= 4 is 29.0 Å². The topological polar surface area (TPSA) is 78.4 Å². The zero-order valence-corrected chi connectivity index (χ0v) is 13.8. The summed E-state index contributed by atoms with van der Waals surface area (Å²) in [7, 11) is 0. The average molecular weight is 334 g/mol. The molecule has 126 valence electrons. The van der Waals surface area contributed by atoms with Gasteiger partial charge >= 0.3 is 5.97 Å². The maximum absolute atomic E-state index is 11.3. The van der Waals surface area contributed by atoms with Crippen molar-refractivity contribution in [2.45, 2.75) is 6.92 Å². The molecular formula is C19H18N4O2. The molecule has 6 nitrogen and oxygen atoms in total. The highest BCUT2D eigenvalue weighted by molar-refractivity contribution is 5.95. The number of para-hydroxylation sites is 2. The Bertz CT molecular complexity index is 868. The van der Waals surface area contributed by atoms with Gasteiger partial charge < -0.3 is 15.3 Å². The van der Waals surface area contributed by atoms with Crippen LogP contribution in [0.2, 0.25) is 0 Å². The molecule has 0 amide bonds. The predicted octanol–water partition coefficient (Wildman–Crippen LogP) is 4.08. The first-order chi connectivity index (χ1) is 12.2. The molecule has 0 saturated heterocycles. The van der Waals surface area contributed by atoms with Crippen molar-refractivity contribution in [2.24, 2.45) is 0 Å². The van der Waals surface area contributed by atoms with E-state index in [9.17, 15) is 9.90 Å². The Hall–Kier alpha value is -3.41. The van der Waals surface area contributed by atoms with Gasteiger partial charge in [-0.1, -0.05) is 30.3 Å². The van der Waals surface area contributed by atoms with E-state index in [0.717, 1.165) is 18.1 Å². The highest BCUT2D eigenvalue weighted by Crippen LogP contribution is 2.26. The number of carboxylic acids is 1. The van der Waals surface area contributed by atoms with Crippen LogP contribution in [0.1, 0.15) is 17.3 Å². The monoisotopic (exact) mass is 334 g/mol. The highest BCUT2D eigenvalue weighted by Gasteiger charge is 2.12. The minimum atomic E-state index is -0.989. The summed E-state index contributed by atoms with van der Waals surface area (Å²) in [5, 5.41) is 12.4. The highest BCUT2D eigenvalue weighted by atomic mass is 16.4. The third-order valence-corrected chi connectivity index (χ3v) is 3.73. The van der Waals surface area contributed by atoms with Crippen molar-refractivity contribution in [3.63, 3.8) is 0 Å². The number of nitrogens with zero attached hydrogens (tertiary/aromatic N) is 3. The van der Waals surface area contributed by atoms with Crippen LogP contribution < -0.4 is 10.2 Å². The molecule has 2 N–H and O–H groups in total. The Morgan fingerprint density at radius 2 is 1.80 bits per heavy atom. The molecule has 0 radical (unpaired) electrons. The van der Waals surface area contributed by atoms with E-state index in [2.05, 4.69) is 20.2 Å². The van der Waals surface area contributed by atoms with Gasteiger partial charge in [0.25, 0.3) is 0 Å². The van der Waals surface area contributed by atoms with Crippen LogP contribution >= 0.6 is 0 Å². The Morgan fingerprint density at radius 3 is 2.52 bits per heavy atom. The maximum Gasteiger partial charge on any atom is 0.337 e. The summed E-state index contributed by atoms with van der Waals surface area (Å²) in [6, 6.07) is 18.5. The van der Waals surface area contributed by atoms with E-state index in [4.69, 9.17) is 0 Å². The lowest BCUT2D eigenvalue weighted by atomic mass is 10.2. The summed E-state index contributed by atoms with van der Waals surface area (Å²) in [4.78, 5) is 21.9. The molecule has 0 spiro atoms. The van der Waals surface area contributed by atoms with Gasteiger partial charge in [0.05, 0.1) is 11.3 Å². The lowest BCUT2D eigenvalue weighted by Gasteiger charge is -2.22. The second-order valence-corrected chi connectivity index (χ2v) is 5.32. The standard InChI is InChI=1S/C19H18N4O2/c1-2-23(14-8-4-3-5-9-14)18-12-17(20-13-21-18)22-16-11-7-6-10-15(16)19(24)25/h3-13H,2H2,1H3,(H,24,25)(H,20,21,22). The van der Waals surface area contributed by atoms with Crippen LogP contribution in [0.25, 0.3) is 0 Å². The molecule has 0 saturated carbocycles. The fraction of sp³-hybridized carbons (Fsp3) is 0.105. The van der Waals surface area contributed by atoms with Crippen molar-refractivity contribution in [3.05, 3.63) is 72.6 Å². The number of hydrogen-bond donors (Lipinski definition) is 2. The number of hydrogen-bond acceptors (Lipinski definition) is 5. The van der Waals surface area contributed by atoms with Gasteiger partial charge in [0.1, 0.15) is 18.0 Å². The van der Waals surface area contributed by atoms with Crippen LogP contribution in [0.3, 0.4) is 0 Å². The van der Waals surface area contributed by atoms with Gasteiger partial charge in [0, 0.05) is 18.3 Å². The van der Waals surface area contributed by atoms with E-state index < -0.39 is 5.97 Å². The van der Waals surface area contributed by atoms with Crippen LogP contribution in [-0.2, 0) is 0 Å². The van der Waals surface area contributed by atoms with E-state index in [1.54, 1.807) is 30.3 Å². The Balaban J connectivity index is 1.91. The number of aromatic carboxylic acids is 1. The molecule has 3 aromatic rings. The molecule has 0 atom stereocenters. The number of aromatic nitrogens is 2. The summed E-state index contributed by atoms with van der Waals surface area (Å²) < 4.78 is 0. The number of rotatable bonds is 6. The van der Waals surface area contributed by atoms with Gasteiger partial charge in [0.15, 0.2) is 0 Å². The van der Waals surface area contributed by atoms with Crippen LogP contribution in [-0.4, -0.2) is 27.6 Å². The fourth-order valence-corrected chi connectivity index (χ4v) is 2.56. The normalized spacial score (nSPS) is 10.3. The number of nitrogens with one attached hydrogen (secondary N) is 1. The molecule has 1 aromatic heterocycles. The Morgan fingerprint density at radius 1 is 1.08 bits per heavy atom. The molecule has 0 bridgehead atoms. The molecule has 0 aliphatic heterocycles. The Kier molecular flexibility index (Phi) is 4.89. The third-order valence-electron chi connectivity index (χ3n) is 3.73. The van der Waals surface area contributed by atoms with Crippen LogP contribution in [0.5, 0.6) is 0 Å². The zero-order valence-electron chi connectivity index (χ0n) is 13.8. The first kappa shape index (κ1) is 16.4. The minimum Gasteiger partial charge on any atom is -0.478 e. The summed E-state index contributed by atoms with van der Waals surface area (Å²) in [6.45, 7) is 2.79. The summed E-state index contributed by atoms with van der Waals surface area (Å²) >= 11 is 0. The number of carbonyl (C=O) groups is 1. The van der Waals surface area contributed by atoms with Crippen molar-refractivity contribution in [2.75, 3.05) is 16.8 Å². The number of benzene rings is 2. The SMILES string of the molecule is CCN(c1ccccc1)c1cc(Nc2ccccc2C(=O)O)ncn1. The second-order valence-electron chi connectivity index (χ2n) is 5.32. The van der Waals surface area contributed by atoms with Crippen molar-refractivity contribution in [1.82, 2.24) is 9.97 Å². The summed E-state index contributed by atoms with van der Waals surface area (Å²) in [5.41, 5.74) is 1.71. The minimum absolute atomic E-state index is 0.193. The van der Waals surface area contributed by atoms with Crippen LogP contribution in [0.15, 0.2) is 67.0 Å². The van der Waals surface area contributed by atoms with Crippen LogP contribution in [0.4, 0.5) is 23.0 Å². The fourth-order valence-electron chi connectivity index (χ4n) is 2.56. The largest absolute Gasteiger partial charge is 0.478 e. The third kappa shape index (κ3) is 3.74. The van der Waals surface area contributed by atoms with Gasteiger partial charge in [-0.3, -0.25) is 0 Å². The summed E-state index contributed by atoms with van der Waals surface area (Å²) in [6.07, 6.45) is 1.46. The quantitative estimate of drug-likeness (QED) is 0.707. The van der Waals surface area contributed by atoms with Crippen molar-refractivity contribution < 1.29 is 9.90 Å².